The third kappa shape index (κ3) is 2.58. The molecule has 4 aliphatic rings. The van der Waals surface area contributed by atoms with Gasteiger partial charge in [0.25, 0.3) is 0 Å². The lowest BCUT2D eigenvalue weighted by Gasteiger charge is -2.50. The molecule has 0 aromatic heterocycles. The van der Waals surface area contributed by atoms with E-state index in [1.165, 1.54) is 19.3 Å². The first-order chi connectivity index (χ1) is 11.0. The highest BCUT2D eigenvalue weighted by atomic mass is 16.5. The number of hydrogen-bond donors (Lipinski definition) is 5. The van der Waals surface area contributed by atoms with E-state index in [0.29, 0.717) is 12.5 Å². The lowest BCUT2D eigenvalue weighted by Crippen LogP contribution is -2.74. The van der Waals surface area contributed by atoms with Gasteiger partial charge >= 0.3 is 5.97 Å². The second kappa shape index (κ2) is 5.78. The maximum atomic E-state index is 12.9. The Kier molecular flexibility index (Phi) is 3.89. The van der Waals surface area contributed by atoms with E-state index in [1.54, 1.807) is 0 Å². The number of nitrogens with two attached hydrogens (primary N) is 1. The minimum Gasteiger partial charge on any atom is -0.481 e. The predicted octanol–water partition coefficient (Wildman–Crippen LogP) is -1.44. The Morgan fingerprint density at radius 2 is 2.09 bits per heavy atom. The Hall–Kier alpha value is -1.06. The molecule has 0 aromatic carbocycles. The van der Waals surface area contributed by atoms with Crippen LogP contribution < -0.4 is 21.7 Å². The van der Waals surface area contributed by atoms with Crippen LogP contribution in [-0.4, -0.2) is 54.1 Å². The van der Waals surface area contributed by atoms with Gasteiger partial charge in [0.05, 0.1) is 36.3 Å². The highest BCUT2D eigenvalue weighted by Crippen LogP contribution is 2.35. The van der Waals surface area contributed by atoms with Crippen LogP contribution in [0, 0.1) is 17.8 Å². The number of hydrogen-bond acceptors (Lipinski definition) is 7. The molecule has 0 bridgehead atoms. The summed E-state index contributed by atoms with van der Waals surface area (Å²) >= 11 is 0. The summed E-state index contributed by atoms with van der Waals surface area (Å²) in [5.41, 5.74) is 5.87. The van der Waals surface area contributed by atoms with Gasteiger partial charge in [-0.1, -0.05) is 6.42 Å². The zero-order valence-electron chi connectivity index (χ0n) is 12.9. The van der Waals surface area contributed by atoms with Crippen molar-refractivity contribution in [2.24, 2.45) is 23.5 Å². The highest BCUT2D eigenvalue weighted by Gasteiger charge is 2.52. The number of carboxylic acid groups (broad SMARTS) is 1. The number of nitrogens with one attached hydrogen (secondary N) is 3. The second-order valence-corrected chi connectivity index (χ2v) is 7.20. The van der Waals surface area contributed by atoms with Gasteiger partial charge in [-0.25, -0.2) is 0 Å². The molecule has 0 aromatic rings. The summed E-state index contributed by atoms with van der Waals surface area (Å²) < 4.78 is 6.01. The SMILES string of the molecule is NC1NC2OC3CNC(C4CCC4)NC3C(=O)C2CC1C(=O)O. The van der Waals surface area contributed by atoms with E-state index in [0.717, 1.165) is 0 Å². The van der Waals surface area contributed by atoms with Gasteiger partial charge in [-0.05, 0) is 25.2 Å². The summed E-state index contributed by atoms with van der Waals surface area (Å²) in [6.45, 7) is 0.632. The minimum absolute atomic E-state index is 0.0581. The van der Waals surface area contributed by atoms with Crippen molar-refractivity contribution in [3.8, 4) is 0 Å². The lowest BCUT2D eigenvalue weighted by atomic mass is 9.77. The Labute approximate surface area is 134 Å². The van der Waals surface area contributed by atoms with Gasteiger partial charge in [0.2, 0.25) is 0 Å². The third-order valence-corrected chi connectivity index (χ3v) is 5.87. The van der Waals surface area contributed by atoms with Crippen LogP contribution in [0.3, 0.4) is 0 Å². The van der Waals surface area contributed by atoms with Crippen molar-refractivity contribution >= 4 is 11.8 Å². The second-order valence-electron chi connectivity index (χ2n) is 7.20. The van der Waals surface area contributed by atoms with Crippen LogP contribution in [0.5, 0.6) is 0 Å². The van der Waals surface area contributed by atoms with Crippen molar-refractivity contribution in [1.29, 1.82) is 0 Å². The number of fused-ring (bicyclic) bond motifs is 2. The number of piperidine rings is 1. The van der Waals surface area contributed by atoms with Crippen molar-refractivity contribution in [2.75, 3.05) is 6.54 Å². The fourth-order valence-corrected chi connectivity index (χ4v) is 4.23. The van der Waals surface area contributed by atoms with Crippen LogP contribution in [0.15, 0.2) is 0 Å². The molecule has 4 rings (SSSR count). The van der Waals surface area contributed by atoms with Gasteiger partial charge in [0.1, 0.15) is 6.23 Å². The van der Waals surface area contributed by atoms with Crippen LogP contribution in [0.4, 0.5) is 0 Å². The number of carbonyl (C=O) groups excluding carboxylic acids is 1. The number of carbonyl (C=O) groups is 2. The summed E-state index contributed by atoms with van der Waals surface area (Å²) in [5.74, 6) is -1.55. The molecule has 0 amide bonds. The van der Waals surface area contributed by atoms with Crippen LogP contribution >= 0.6 is 0 Å². The molecule has 8 nitrogen and oxygen atoms in total. The van der Waals surface area contributed by atoms with E-state index in [2.05, 4.69) is 16.0 Å². The van der Waals surface area contributed by atoms with E-state index in [4.69, 9.17) is 10.5 Å². The topological polar surface area (TPSA) is 126 Å². The van der Waals surface area contributed by atoms with E-state index >= 15 is 0 Å². The van der Waals surface area contributed by atoms with Crippen LogP contribution in [0.25, 0.3) is 0 Å². The average molecular weight is 324 g/mol. The number of ether oxygens (including phenoxy) is 1. The quantitative estimate of drug-likeness (QED) is 0.418. The van der Waals surface area contributed by atoms with Crippen LogP contribution in [0.1, 0.15) is 25.7 Å². The standard InChI is InChI=1S/C15H24N4O4/c16-12-8(15(21)22)4-7-11(20)10-9(23-14(7)19-12)5-17-13(18-10)6-2-1-3-6/h6-10,12-14,17-19H,1-5,16H2,(H,21,22). The summed E-state index contributed by atoms with van der Waals surface area (Å²) in [5, 5.41) is 19.1. The Balaban J connectivity index is 1.49. The molecule has 7 atom stereocenters. The molecule has 0 spiro atoms. The molecule has 6 N–H and O–H groups in total. The molecule has 1 saturated carbocycles. The Morgan fingerprint density at radius 1 is 1.30 bits per heavy atom. The van der Waals surface area contributed by atoms with Gasteiger partial charge in [-0.15, -0.1) is 0 Å². The molecular weight excluding hydrogens is 300 g/mol. The van der Waals surface area contributed by atoms with Crippen LogP contribution in [0.2, 0.25) is 0 Å². The normalized spacial score (nSPS) is 47.3. The Bertz CT molecular complexity index is 512. The summed E-state index contributed by atoms with van der Waals surface area (Å²) in [7, 11) is 0. The number of ketones is 1. The predicted molar refractivity (Wildman–Crippen MR) is 80.1 cm³/mol. The van der Waals surface area contributed by atoms with Gasteiger partial charge in [0, 0.05) is 6.54 Å². The zero-order valence-corrected chi connectivity index (χ0v) is 12.9. The monoisotopic (exact) mass is 324 g/mol. The van der Waals surface area contributed by atoms with Gasteiger partial charge in [-0.3, -0.25) is 25.5 Å². The van der Waals surface area contributed by atoms with Crippen LogP contribution in [-0.2, 0) is 14.3 Å². The largest absolute Gasteiger partial charge is 0.481 e. The smallest absolute Gasteiger partial charge is 0.309 e. The molecular formula is C15H24N4O4. The first-order valence-electron chi connectivity index (χ1n) is 8.47. The third-order valence-electron chi connectivity index (χ3n) is 5.87. The molecule has 23 heavy (non-hydrogen) atoms. The van der Waals surface area contributed by atoms with Gasteiger partial charge in [-0.2, -0.15) is 0 Å². The minimum atomic E-state index is -0.969. The molecule has 3 saturated heterocycles. The lowest BCUT2D eigenvalue weighted by molar-refractivity contribution is -0.175. The number of Topliss-reactive ketones (excluding diaryl/α,β-unsaturated/α-hetero) is 1. The van der Waals surface area contributed by atoms with E-state index < -0.39 is 30.2 Å². The van der Waals surface area contributed by atoms with Crippen molar-refractivity contribution < 1.29 is 19.4 Å². The fourth-order valence-electron chi connectivity index (χ4n) is 4.23. The molecule has 3 heterocycles. The maximum absolute atomic E-state index is 12.9. The van der Waals surface area contributed by atoms with E-state index in [9.17, 15) is 14.7 Å². The Morgan fingerprint density at radius 3 is 2.74 bits per heavy atom. The zero-order chi connectivity index (χ0) is 16.1. The van der Waals surface area contributed by atoms with Crippen molar-refractivity contribution in [3.05, 3.63) is 0 Å². The molecule has 0 radical (unpaired) electrons. The molecule has 1 aliphatic carbocycles. The number of carboxylic acids is 1. The molecule has 128 valence electrons. The molecule has 7 unspecified atom stereocenters. The molecule has 8 heteroatoms. The highest BCUT2D eigenvalue weighted by molar-refractivity contribution is 5.89. The summed E-state index contributed by atoms with van der Waals surface area (Å²) in [6.07, 6.45) is 2.59. The number of aliphatic carboxylic acids is 1. The van der Waals surface area contributed by atoms with Crippen molar-refractivity contribution in [1.82, 2.24) is 16.0 Å². The fraction of sp³-hybridized carbons (Fsp3) is 0.867. The maximum Gasteiger partial charge on any atom is 0.309 e. The molecule has 4 fully saturated rings. The number of rotatable bonds is 2. The summed E-state index contributed by atoms with van der Waals surface area (Å²) in [4.78, 5) is 24.2. The first-order valence-corrected chi connectivity index (χ1v) is 8.47. The van der Waals surface area contributed by atoms with E-state index in [-0.39, 0.29) is 30.5 Å². The van der Waals surface area contributed by atoms with Crippen molar-refractivity contribution in [3.63, 3.8) is 0 Å². The van der Waals surface area contributed by atoms with E-state index in [1.807, 2.05) is 0 Å². The first kappa shape index (κ1) is 15.5. The van der Waals surface area contributed by atoms with Crippen molar-refractivity contribution in [2.45, 2.75) is 56.4 Å². The summed E-state index contributed by atoms with van der Waals surface area (Å²) in [6, 6.07) is -0.353. The van der Waals surface area contributed by atoms with Gasteiger partial charge in [0.15, 0.2) is 5.78 Å². The van der Waals surface area contributed by atoms with Gasteiger partial charge < -0.3 is 15.6 Å². The average Bonchev–Trinajstić information content (AvgIpc) is 2.45. The molecule has 3 aliphatic heterocycles.